The van der Waals surface area contributed by atoms with Crippen LogP contribution < -0.4 is 5.32 Å². The van der Waals surface area contributed by atoms with Crippen LogP contribution in [-0.4, -0.2) is 108 Å². The Morgan fingerprint density at radius 1 is 0.583 bits per heavy atom. The number of carbonyl (C=O) groups is 1. The highest BCUT2D eigenvalue weighted by atomic mass is 31.2. The summed E-state index contributed by atoms with van der Waals surface area (Å²) in [6, 6.07) is -1.26. The molecule has 1 rings (SSSR count). The Labute approximate surface area is 362 Å². The van der Waals surface area contributed by atoms with Gasteiger partial charge in [0.15, 0.2) is 0 Å². The third kappa shape index (κ3) is 27.6. The smallest absolute Gasteiger partial charge is 0.393 e. The maximum absolute atomic E-state index is 13.0. The molecule has 13 nitrogen and oxygen atoms in total. The van der Waals surface area contributed by atoms with Crippen molar-refractivity contribution >= 4 is 13.7 Å². The first-order valence-corrected chi connectivity index (χ1v) is 25.0. The molecule has 0 radical (unpaired) electrons. The van der Waals surface area contributed by atoms with E-state index in [1.54, 1.807) is 6.08 Å². The van der Waals surface area contributed by atoms with Gasteiger partial charge in [0.25, 0.3) is 0 Å². The normalized spacial score (nSPS) is 23.7. The fourth-order valence-corrected chi connectivity index (χ4v) is 8.30. The summed E-state index contributed by atoms with van der Waals surface area (Å²) in [6.07, 6.45) is 26.6. The summed E-state index contributed by atoms with van der Waals surface area (Å²) in [5.74, 6) is -0.606. The van der Waals surface area contributed by atoms with E-state index < -0.39 is 75.2 Å². The SMILES string of the molecule is CCCCCC/C=C/CC/C=C/CC/C=C/C(O)C(COP(=O)(O)OC1C(O)C(O)C(O)C(O)C1O)NC(=O)CC(O)CCCCCCCCCCCCCCCCCC. The van der Waals surface area contributed by atoms with Crippen LogP contribution in [0.3, 0.4) is 0 Å². The highest BCUT2D eigenvalue weighted by Gasteiger charge is 2.51. The minimum absolute atomic E-state index is 0.254. The van der Waals surface area contributed by atoms with Gasteiger partial charge >= 0.3 is 7.82 Å². The van der Waals surface area contributed by atoms with E-state index in [1.165, 1.54) is 109 Å². The van der Waals surface area contributed by atoms with Crippen LogP contribution in [0.25, 0.3) is 0 Å². The van der Waals surface area contributed by atoms with Crippen LogP contribution in [0.4, 0.5) is 0 Å². The first kappa shape index (κ1) is 56.5. The molecule has 1 saturated carbocycles. The Kier molecular flexibility index (Phi) is 33.8. The topological polar surface area (TPSA) is 226 Å². The predicted molar refractivity (Wildman–Crippen MR) is 238 cm³/mol. The number of aliphatic hydroxyl groups excluding tert-OH is 7. The third-order valence-electron chi connectivity index (χ3n) is 11.2. The molecule has 0 aromatic carbocycles. The van der Waals surface area contributed by atoms with Crippen molar-refractivity contribution in [3.05, 3.63) is 36.5 Å². The maximum Gasteiger partial charge on any atom is 0.472 e. The van der Waals surface area contributed by atoms with Crippen LogP contribution in [-0.2, 0) is 18.4 Å². The van der Waals surface area contributed by atoms with Gasteiger partial charge in [0.1, 0.15) is 36.6 Å². The molecule has 0 aromatic rings. The van der Waals surface area contributed by atoms with Crippen molar-refractivity contribution < 1.29 is 59.0 Å². The van der Waals surface area contributed by atoms with E-state index in [1.807, 2.05) is 0 Å². The van der Waals surface area contributed by atoms with Crippen LogP contribution in [0, 0.1) is 0 Å². The number of amides is 1. The Morgan fingerprint density at radius 3 is 1.47 bits per heavy atom. The highest BCUT2D eigenvalue weighted by Crippen LogP contribution is 2.47. The fraction of sp³-hybridized carbons (Fsp3) is 0.848. The van der Waals surface area contributed by atoms with Gasteiger partial charge in [-0.25, -0.2) is 4.57 Å². The standard InChI is InChI=1S/C46H86NO12P/c1-3-5-7-9-11-13-15-17-19-20-21-23-25-27-29-31-33-37(48)35-40(50)47-38(36-58-60(56,57)59-46-44(54)42(52)41(51)43(53)45(46)55)39(49)34-32-30-28-26-24-22-18-16-14-12-10-8-6-4-2/h14,16,24,26,32,34,37-39,41-46,48-49,51-55H,3-13,15,17-23,25,27-31,33,35-36H2,1-2H3,(H,47,50)(H,56,57)/b16-14+,26-24+,34-32+. The number of hydrogen-bond acceptors (Lipinski definition) is 11. The summed E-state index contributed by atoms with van der Waals surface area (Å²) in [5.41, 5.74) is 0. The van der Waals surface area contributed by atoms with Crippen molar-refractivity contribution in [1.82, 2.24) is 5.32 Å². The van der Waals surface area contributed by atoms with Crippen LogP contribution >= 0.6 is 7.82 Å². The quantitative estimate of drug-likeness (QED) is 0.0165. The van der Waals surface area contributed by atoms with Crippen molar-refractivity contribution in [1.29, 1.82) is 0 Å². The lowest BCUT2D eigenvalue weighted by Gasteiger charge is -2.41. The first-order valence-electron chi connectivity index (χ1n) is 23.5. The number of hydrogen-bond donors (Lipinski definition) is 9. The Balaban J connectivity index is 2.56. The molecule has 0 aromatic heterocycles. The third-order valence-corrected chi connectivity index (χ3v) is 12.2. The summed E-state index contributed by atoms with van der Waals surface area (Å²) in [5, 5.41) is 74.4. The monoisotopic (exact) mass is 876 g/mol. The first-order chi connectivity index (χ1) is 28.8. The molecule has 9 N–H and O–H groups in total. The zero-order valence-corrected chi connectivity index (χ0v) is 38.0. The lowest BCUT2D eigenvalue weighted by atomic mass is 9.85. The summed E-state index contributed by atoms with van der Waals surface area (Å²) >= 11 is 0. The van der Waals surface area contributed by atoms with E-state index in [-0.39, 0.29) is 6.42 Å². The van der Waals surface area contributed by atoms with Crippen molar-refractivity contribution in [2.75, 3.05) is 6.61 Å². The van der Waals surface area contributed by atoms with Crippen LogP contribution in [0.15, 0.2) is 36.5 Å². The lowest BCUT2D eigenvalue weighted by Crippen LogP contribution is -2.64. The van der Waals surface area contributed by atoms with Gasteiger partial charge in [-0.2, -0.15) is 0 Å². The fourth-order valence-electron chi connectivity index (χ4n) is 7.33. The molecule has 14 heteroatoms. The summed E-state index contributed by atoms with van der Waals surface area (Å²) < 4.78 is 22.8. The number of unbranched alkanes of at least 4 members (excludes halogenated alkanes) is 21. The largest absolute Gasteiger partial charge is 0.472 e. The molecule has 1 aliphatic carbocycles. The van der Waals surface area contributed by atoms with Crippen LogP contribution in [0.5, 0.6) is 0 Å². The van der Waals surface area contributed by atoms with Gasteiger partial charge in [0.2, 0.25) is 5.91 Å². The number of phosphoric ester groups is 1. The average molecular weight is 876 g/mol. The second-order valence-electron chi connectivity index (χ2n) is 16.8. The Hall–Kier alpha value is -1.48. The molecule has 1 fully saturated rings. The molecular weight excluding hydrogens is 789 g/mol. The molecule has 0 spiro atoms. The summed E-state index contributed by atoms with van der Waals surface area (Å²) in [6.45, 7) is 3.70. The minimum Gasteiger partial charge on any atom is -0.393 e. The number of allylic oxidation sites excluding steroid dienone is 5. The molecular formula is C46H86NO12P. The van der Waals surface area contributed by atoms with Gasteiger partial charge in [-0.3, -0.25) is 13.8 Å². The van der Waals surface area contributed by atoms with Crippen molar-refractivity contribution in [2.24, 2.45) is 0 Å². The minimum atomic E-state index is -5.15. The van der Waals surface area contributed by atoms with E-state index in [0.29, 0.717) is 19.3 Å². The molecule has 0 aliphatic heterocycles. The van der Waals surface area contributed by atoms with Gasteiger partial charge in [0, 0.05) is 0 Å². The Morgan fingerprint density at radius 2 is 0.983 bits per heavy atom. The predicted octanol–water partition coefficient (Wildman–Crippen LogP) is 7.75. The van der Waals surface area contributed by atoms with E-state index >= 15 is 0 Å². The lowest BCUT2D eigenvalue weighted by molar-refractivity contribution is -0.220. The van der Waals surface area contributed by atoms with Gasteiger partial charge in [-0.05, 0) is 44.9 Å². The molecule has 8 atom stereocenters. The van der Waals surface area contributed by atoms with Crippen molar-refractivity contribution in [3.63, 3.8) is 0 Å². The Bertz CT molecular complexity index is 1170. The zero-order valence-electron chi connectivity index (χ0n) is 37.1. The number of nitrogens with one attached hydrogen (secondary N) is 1. The molecule has 1 aliphatic rings. The number of rotatable bonds is 38. The van der Waals surface area contributed by atoms with Crippen molar-refractivity contribution in [3.8, 4) is 0 Å². The van der Waals surface area contributed by atoms with E-state index in [9.17, 15) is 50.0 Å². The molecule has 0 bridgehead atoms. The van der Waals surface area contributed by atoms with Gasteiger partial charge in [-0.1, -0.05) is 172 Å². The molecule has 8 unspecified atom stereocenters. The summed E-state index contributed by atoms with van der Waals surface area (Å²) in [4.78, 5) is 23.4. The average Bonchev–Trinajstić information content (AvgIpc) is 3.22. The van der Waals surface area contributed by atoms with Gasteiger partial charge in [-0.15, -0.1) is 0 Å². The zero-order chi connectivity index (χ0) is 44.4. The van der Waals surface area contributed by atoms with Crippen LogP contribution in [0.1, 0.15) is 187 Å². The maximum atomic E-state index is 13.0. The van der Waals surface area contributed by atoms with Gasteiger partial charge in [0.05, 0.1) is 31.3 Å². The van der Waals surface area contributed by atoms with Crippen LogP contribution in [0.2, 0.25) is 0 Å². The van der Waals surface area contributed by atoms with E-state index in [4.69, 9.17) is 9.05 Å². The van der Waals surface area contributed by atoms with E-state index in [0.717, 1.165) is 44.9 Å². The number of phosphoric acid groups is 1. The molecule has 60 heavy (non-hydrogen) atoms. The molecule has 0 heterocycles. The number of aliphatic hydroxyl groups is 7. The molecule has 352 valence electrons. The highest BCUT2D eigenvalue weighted by molar-refractivity contribution is 7.47. The van der Waals surface area contributed by atoms with Crippen molar-refractivity contribution in [2.45, 2.75) is 242 Å². The number of carbonyl (C=O) groups excluding carboxylic acids is 1. The van der Waals surface area contributed by atoms with Gasteiger partial charge < -0.3 is 46.0 Å². The molecule has 1 amide bonds. The van der Waals surface area contributed by atoms with E-state index in [2.05, 4.69) is 43.5 Å². The summed E-state index contributed by atoms with van der Waals surface area (Å²) in [7, 11) is -5.15. The second-order valence-corrected chi connectivity index (χ2v) is 18.2. The molecule has 0 saturated heterocycles. The second kappa shape index (κ2) is 35.9.